The first-order chi connectivity index (χ1) is 8.95. The van der Waals surface area contributed by atoms with Crippen LogP contribution >= 0.6 is 11.6 Å². The lowest BCUT2D eigenvalue weighted by Crippen LogP contribution is -2.59. The molecule has 1 aliphatic heterocycles. The average molecular weight is 283 g/mol. The number of nitrogens with one attached hydrogen (secondary N) is 1. The van der Waals surface area contributed by atoms with E-state index in [1.807, 2.05) is 0 Å². The van der Waals surface area contributed by atoms with E-state index in [2.05, 4.69) is 5.32 Å². The highest BCUT2D eigenvalue weighted by atomic mass is 35.5. The lowest BCUT2D eigenvalue weighted by atomic mass is 10.0. The van der Waals surface area contributed by atoms with Crippen molar-refractivity contribution in [2.75, 3.05) is 4.90 Å². The topological polar surface area (TPSA) is 66.5 Å². The van der Waals surface area contributed by atoms with Gasteiger partial charge in [0.15, 0.2) is 0 Å². The number of imide groups is 2. The number of hydrogen-bond acceptors (Lipinski definition) is 3. The molecule has 1 aromatic rings. The van der Waals surface area contributed by atoms with Crippen LogP contribution in [-0.2, 0) is 9.59 Å². The molecule has 1 heterocycles. The molecule has 1 spiro atoms. The molecule has 0 bridgehead atoms. The Bertz CT molecular complexity index is 627. The van der Waals surface area contributed by atoms with E-state index in [4.69, 9.17) is 11.6 Å². The Labute approximate surface area is 112 Å². The predicted octanol–water partition coefficient (Wildman–Crippen LogP) is 1.84. The van der Waals surface area contributed by atoms with Gasteiger partial charge in [0.25, 0.3) is 5.91 Å². The van der Waals surface area contributed by atoms with Crippen LogP contribution in [0.3, 0.4) is 0 Å². The molecule has 98 valence electrons. The molecule has 1 N–H and O–H groups in total. The van der Waals surface area contributed by atoms with Crippen LogP contribution in [0.15, 0.2) is 18.2 Å². The van der Waals surface area contributed by atoms with Crippen LogP contribution in [0.5, 0.6) is 0 Å². The Balaban J connectivity index is 2.03. The number of urea groups is 1. The van der Waals surface area contributed by atoms with Gasteiger partial charge in [0, 0.05) is 0 Å². The molecule has 1 saturated heterocycles. The fraction of sp³-hybridized carbons (Fsp3) is 0.250. The summed E-state index contributed by atoms with van der Waals surface area (Å²) in [6, 6.07) is 2.73. The van der Waals surface area contributed by atoms with E-state index in [1.165, 1.54) is 12.1 Å². The normalized spacial score (nSPS) is 20.7. The maximum atomic E-state index is 13.4. The van der Waals surface area contributed by atoms with Crippen LogP contribution in [0.2, 0.25) is 5.02 Å². The molecule has 2 fully saturated rings. The second-order valence-corrected chi connectivity index (χ2v) is 4.99. The summed E-state index contributed by atoms with van der Waals surface area (Å²) in [4.78, 5) is 36.4. The number of carbonyl (C=O) groups excluding carboxylic acids is 3. The lowest BCUT2D eigenvalue weighted by Gasteiger charge is -2.30. The first-order valence-electron chi connectivity index (χ1n) is 5.61. The number of rotatable bonds is 1. The Hall–Kier alpha value is -1.95. The molecule has 5 nitrogen and oxygen atoms in total. The van der Waals surface area contributed by atoms with Gasteiger partial charge in [-0.25, -0.2) is 14.1 Å². The highest BCUT2D eigenvalue weighted by Crippen LogP contribution is 2.49. The molecule has 1 aliphatic carbocycles. The van der Waals surface area contributed by atoms with Crippen LogP contribution in [0.4, 0.5) is 14.9 Å². The average Bonchev–Trinajstić information content (AvgIpc) is 3.13. The monoisotopic (exact) mass is 282 g/mol. The zero-order valence-corrected chi connectivity index (χ0v) is 10.3. The van der Waals surface area contributed by atoms with Crippen LogP contribution in [0.25, 0.3) is 0 Å². The number of halogens is 2. The van der Waals surface area contributed by atoms with Gasteiger partial charge in [-0.15, -0.1) is 0 Å². The summed E-state index contributed by atoms with van der Waals surface area (Å²) >= 11 is 5.55. The third-order valence-corrected chi connectivity index (χ3v) is 3.69. The molecule has 1 aromatic carbocycles. The smallest absolute Gasteiger partial charge is 0.276 e. The molecule has 0 radical (unpaired) electrons. The molecule has 0 unspecified atom stereocenters. The van der Waals surface area contributed by atoms with E-state index < -0.39 is 29.1 Å². The largest absolute Gasteiger partial charge is 0.335 e. The van der Waals surface area contributed by atoms with Crippen molar-refractivity contribution in [3.05, 3.63) is 29.0 Å². The molecule has 7 heteroatoms. The van der Waals surface area contributed by atoms with Gasteiger partial charge < -0.3 is 0 Å². The van der Waals surface area contributed by atoms with Gasteiger partial charge in [0.05, 0.1) is 10.7 Å². The Morgan fingerprint density at radius 1 is 1.26 bits per heavy atom. The minimum absolute atomic E-state index is 0.0585. The third-order valence-electron chi connectivity index (χ3n) is 3.38. The van der Waals surface area contributed by atoms with Crippen molar-refractivity contribution in [1.82, 2.24) is 5.32 Å². The zero-order valence-electron chi connectivity index (χ0n) is 9.57. The van der Waals surface area contributed by atoms with Crippen LogP contribution < -0.4 is 10.2 Å². The van der Waals surface area contributed by atoms with E-state index >= 15 is 0 Å². The van der Waals surface area contributed by atoms with Crippen molar-refractivity contribution in [2.24, 2.45) is 5.41 Å². The van der Waals surface area contributed by atoms with Gasteiger partial charge in [0.1, 0.15) is 11.2 Å². The number of barbiturate groups is 1. The Morgan fingerprint density at radius 2 is 1.95 bits per heavy atom. The molecule has 3 rings (SSSR count). The highest BCUT2D eigenvalue weighted by molar-refractivity contribution is 6.32. The number of benzene rings is 1. The summed E-state index contributed by atoms with van der Waals surface area (Å²) in [7, 11) is 0. The third kappa shape index (κ3) is 1.63. The number of carbonyl (C=O) groups is 3. The minimum atomic E-state index is -1.15. The van der Waals surface area contributed by atoms with Gasteiger partial charge in [-0.1, -0.05) is 11.6 Å². The fourth-order valence-corrected chi connectivity index (χ4v) is 2.22. The quantitative estimate of drug-likeness (QED) is 0.799. The van der Waals surface area contributed by atoms with Gasteiger partial charge >= 0.3 is 6.03 Å². The van der Waals surface area contributed by atoms with E-state index in [-0.39, 0.29) is 10.7 Å². The summed E-state index contributed by atoms with van der Waals surface area (Å²) in [5.74, 6) is -1.92. The Kier molecular flexibility index (Phi) is 2.40. The van der Waals surface area contributed by atoms with Crippen molar-refractivity contribution in [3.63, 3.8) is 0 Å². The van der Waals surface area contributed by atoms with Crippen LogP contribution in [0, 0.1) is 11.2 Å². The molecule has 0 aromatic heterocycles. The van der Waals surface area contributed by atoms with Crippen molar-refractivity contribution < 1.29 is 18.8 Å². The zero-order chi connectivity index (χ0) is 13.8. The van der Waals surface area contributed by atoms with Gasteiger partial charge in [-0.2, -0.15) is 0 Å². The first kappa shape index (κ1) is 12.1. The fourth-order valence-electron chi connectivity index (χ4n) is 2.10. The summed E-state index contributed by atoms with van der Waals surface area (Å²) in [6.07, 6.45) is 0.801. The molecule has 0 atom stereocenters. The second kappa shape index (κ2) is 3.77. The highest BCUT2D eigenvalue weighted by Gasteiger charge is 2.62. The van der Waals surface area contributed by atoms with Crippen LogP contribution in [-0.4, -0.2) is 17.8 Å². The maximum Gasteiger partial charge on any atom is 0.335 e. The summed E-state index contributed by atoms with van der Waals surface area (Å²) in [6.45, 7) is 0. The lowest BCUT2D eigenvalue weighted by molar-refractivity contribution is -0.136. The van der Waals surface area contributed by atoms with Crippen molar-refractivity contribution >= 4 is 35.1 Å². The molecular formula is C12H8ClFN2O3. The van der Waals surface area contributed by atoms with E-state index in [1.54, 1.807) is 0 Å². The van der Waals surface area contributed by atoms with E-state index in [0.717, 1.165) is 11.0 Å². The van der Waals surface area contributed by atoms with Gasteiger partial charge in [-0.3, -0.25) is 14.9 Å². The summed E-state index contributed by atoms with van der Waals surface area (Å²) < 4.78 is 13.4. The van der Waals surface area contributed by atoms with Crippen LogP contribution in [0.1, 0.15) is 12.8 Å². The molecule has 2 aliphatic rings. The Morgan fingerprint density at radius 3 is 2.53 bits per heavy atom. The minimum Gasteiger partial charge on any atom is -0.276 e. The second-order valence-electron chi connectivity index (χ2n) is 4.58. The van der Waals surface area contributed by atoms with Crippen molar-refractivity contribution in [3.8, 4) is 0 Å². The number of anilines is 1. The first-order valence-corrected chi connectivity index (χ1v) is 5.98. The van der Waals surface area contributed by atoms with Gasteiger partial charge in [-0.05, 0) is 31.0 Å². The number of hydrogen-bond donors (Lipinski definition) is 1. The maximum absolute atomic E-state index is 13.4. The summed E-state index contributed by atoms with van der Waals surface area (Å²) in [5, 5.41) is 2.01. The molecule has 19 heavy (non-hydrogen) atoms. The van der Waals surface area contributed by atoms with E-state index in [9.17, 15) is 18.8 Å². The summed E-state index contributed by atoms with van der Waals surface area (Å²) in [5.41, 5.74) is -1.09. The van der Waals surface area contributed by atoms with Crippen molar-refractivity contribution in [2.45, 2.75) is 12.8 Å². The number of nitrogens with zero attached hydrogens (tertiary/aromatic N) is 1. The molecular weight excluding hydrogens is 275 g/mol. The van der Waals surface area contributed by atoms with Crippen molar-refractivity contribution in [1.29, 1.82) is 0 Å². The SMILES string of the molecule is O=C1NC(=O)C2(CC2)C(=O)N1c1ccc(Cl)c(F)c1. The number of amides is 4. The molecule has 1 saturated carbocycles. The predicted molar refractivity (Wildman–Crippen MR) is 64.1 cm³/mol. The standard InChI is InChI=1S/C12H8ClFN2O3/c13-7-2-1-6(5-8(7)14)16-10(18)12(3-4-12)9(17)15-11(16)19/h1-2,5H,3-4H2,(H,15,17,19). The van der Waals surface area contributed by atoms with E-state index in [0.29, 0.717) is 12.8 Å². The molecule has 4 amide bonds. The van der Waals surface area contributed by atoms with Gasteiger partial charge in [0.2, 0.25) is 5.91 Å².